The van der Waals surface area contributed by atoms with Crippen molar-refractivity contribution in [3.63, 3.8) is 0 Å². The topological polar surface area (TPSA) is 182 Å². The zero-order valence-electron chi connectivity index (χ0n) is 27.0. The quantitative estimate of drug-likeness (QED) is 0.0909. The molecule has 8 N–H and O–H groups in total. The molecule has 0 aliphatic heterocycles. The van der Waals surface area contributed by atoms with Gasteiger partial charge in [-0.15, -0.1) is 0 Å². The van der Waals surface area contributed by atoms with Crippen molar-refractivity contribution in [3.05, 3.63) is 108 Å². The smallest absolute Gasteiger partial charge is 0.326 e. The van der Waals surface area contributed by atoms with E-state index in [2.05, 4.69) is 25.9 Å². The van der Waals surface area contributed by atoms with Crippen LogP contribution in [0.4, 0.5) is 0 Å². The average molecular weight is 651 g/mol. The van der Waals surface area contributed by atoms with Gasteiger partial charge in [-0.1, -0.05) is 80.6 Å². The molecule has 0 saturated heterocycles. The van der Waals surface area contributed by atoms with E-state index in [-0.39, 0.29) is 31.6 Å². The Balaban J connectivity index is 1.35. The van der Waals surface area contributed by atoms with E-state index in [0.29, 0.717) is 0 Å². The molecular formula is C37H42N6O5. The molecule has 0 saturated carbocycles. The van der Waals surface area contributed by atoms with Crippen LogP contribution >= 0.6 is 0 Å². The Morgan fingerprint density at radius 2 is 1.15 bits per heavy atom. The summed E-state index contributed by atoms with van der Waals surface area (Å²) in [6.07, 6.45) is 4.32. The number of aliphatic carboxylic acids is 1. The predicted octanol–water partition coefficient (Wildman–Crippen LogP) is 3.59. The lowest BCUT2D eigenvalue weighted by molar-refractivity contribution is -0.142. The van der Waals surface area contributed by atoms with E-state index in [4.69, 9.17) is 5.73 Å². The highest BCUT2D eigenvalue weighted by atomic mass is 16.4. The Morgan fingerprint density at radius 3 is 1.73 bits per heavy atom. The number of H-pyrrole nitrogens is 2. The van der Waals surface area contributed by atoms with E-state index in [0.717, 1.165) is 38.5 Å². The first-order valence-corrected chi connectivity index (χ1v) is 16.1. The fourth-order valence-electron chi connectivity index (χ4n) is 5.94. The summed E-state index contributed by atoms with van der Waals surface area (Å²) in [6, 6.07) is 20.1. The molecule has 0 aliphatic carbocycles. The number of hydrogen-bond donors (Lipinski definition) is 7. The van der Waals surface area contributed by atoms with E-state index in [1.807, 2.05) is 74.6 Å². The minimum Gasteiger partial charge on any atom is -0.480 e. The first-order chi connectivity index (χ1) is 23.1. The summed E-state index contributed by atoms with van der Waals surface area (Å²) in [7, 11) is 0. The minimum atomic E-state index is -1.20. The second-order valence-electron chi connectivity index (χ2n) is 12.6. The molecule has 2 heterocycles. The fourth-order valence-corrected chi connectivity index (χ4v) is 5.94. The van der Waals surface area contributed by atoms with Crippen molar-refractivity contribution in [1.29, 1.82) is 0 Å². The number of carbonyl (C=O) groups is 4. The molecule has 4 atom stereocenters. The molecule has 2 aromatic heterocycles. The molecule has 0 radical (unpaired) electrons. The number of rotatable bonds is 15. The van der Waals surface area contributed by atoms with Crippen LogP contribution in [-0.4, -0.2) is 62.9 Å². The maximum Gasteiger partial charge on any atom is 0.326 e. The number of carboxylic acids is 1. The molecule has 3 aromatic carbocycles. The Bertz CT molecular complexity index is 1880. The molecule has 48 heavy (non-hydrogen) atoms. The van der Waals surface area contributed by atoms with Crippen LogP contribution in [0.15, 0.2) is 91.3 Å². The highest BCUT2D eigenvalue weighted by Gasteiger charge is 2.31. The van der Waals surface area contributed by atoms with Crippen LogP contribution in [-0.2, 0) is 38.4 Å². The first-order valence-electron chi connectivity index (χ1n) is 16.1. The van der Waals surface area contributed by atoms with Gasteiger partial charge in [0.25, 0.3) is 0 Å². The normalized spacial score (nSPS) is 13.9. The van der Waals surface area contributed by atoms with Crippen molar-refractivity contribution in [2.45, 2.75) is 63.7 Å². The molecule has 5 rings (SSSR count). The molecule has 0 fully saturated rings. The number of aromatic amines is 2. The van der Waals surface area contributed by atoms with Gasteiger partial charge in [-0.05, 0) is 47.6 Å². The maximum atomic E-state index is 14.0. The zero-order valence-corrected chi connectivity index (χ0v) is 27.0. The van der Waals surface area contributed by atoms with Crippen molar-refractivity contribution in [2.24, 2.45) is 11.7 Å². The summed E-state index contributed by atoms with van der Waals surface area (Å²) in [6.45, 7) is 3.81. The van der Waals surface area contributed by atoms with E-state index < -0.39 is 47.9 Å². The molecule has 3 amide bonds. The van der Waals surface area contributed by atoms with Gasteiger partial charge in [0, 0.05) is 47.0 Å². The lowest BCUT2D eigenvalue weighted by Gasteiger charge is -2.26. The number of nitrogens with one attached hydrogen (secondary N) is 5. The number of carbonyl (C=O) groups excluding carboxylic acids is 3. The second-order valence-corrected chi connectivity index (χ2v) is 12.6. The number of hydrogen-bond acceptors (Lipinski definition) is 5. The summed E-state index contributed by atoms with van der Waals surface area (Å²) >= 11 is 0. The van der Waals surface area contributed by atoms with Crippen LogP contribution < -0.4 is 21.7 Å². The largest absolute Gasteiger partial charge is 0.480 e. The molecule has 0 spiro atoms. The maximum absolute atomic E-state index is 14.0. The van der Waals surface area contributed by atoms with Crippen molar-refractivity contribution in [3.8, 4) is 0 Å². The SMILES string of the molecule is CC(C)CC(NC(=O)C(Cc1c[nH]c2ccccc12)NC(=O)C(N)Cc1c[nH]c2ccccc12)C(=O)NC(Cc1ccccc1)C(=O)O. The summed E-state index contributed by atoms with van der Waals surface area (Å²) in [4.78, 5) is 59.5. The van der Waals surface area contributed by atoms with E-state index in [1.54, 1.807) is 30.5 Å². The van der Waals surface area contributed by atoms with Gasteiger partial charge in [0.15, 0.2) is 0 Å². The summed E-state index contributed by atoms with van der Waals surface area (Å²) in [5.74, 6) is -2.91. The Labute approximate surface area is 278 Å². The van der Waals surface area contributed by atoms with Gasteiger partial charge in [-0.3, -0.25) is 14.4 Å². The molecule has 5 aromatic rings. The lowest BCUT2D eigenvalue weighted by atomic mass is 9.99. The molecular weight excluding hydrogens is 608 g/mol. The van der Waals surface area contributed by atoms with Crippen molar-refractivity contribution >= 4 is 45.5 Å². The number of fused-ring (bicyclic) bond motifs is 2. The lowest BCUT2D eigenvalue weighted by Crippen LogP contribution is -2.58. The van der Waals surface area contributed by atoms with Crippen LogP contribution in [0.25, 0.3) is 21.8 Å². The van der Waals surface area contributed by atoms with E-state index >= 15 is 0 Å². The average Bonchev–Trinajstić information content (AvgIpc) is 3.67. The van der Waals surface area contributed by atoms with Crippen LogP contribution in [0.3, 0.4) is 0 Å². The number of nitrogens with two attached hydrogens (primary N) is 1. The van der Waals surface area contributed by atoms with Gasteiger partial charge in [0.1, 0.15) is 18.1 Å². The second kappa shape index (κ2) is 15.4. The van der Waals surface area contributed by atoms with E-state index in [9.17, 15) is 24.3 Å². The van der Waals surface area contributed by atoms with Crippen LogP contribution in [0.2, 0.25) is 0 Å². The summed E-state index contributed by atoms with van der Waals surface area (Å²) in [5.41, 5.74) is 10.6. The molecule has 11 nitrogen and oxygen atoms in total. The van der Waals surface area contributed by atoms with Gasteiger partial charge in [0.2, 0.25) is 17.7 Å². The van der Waals surface area contributed by atoms with Gasteiger partial charge < -0.3 is 36.8 Å². The van der Waals surface area contributed by atoms with Gasteiger partial charge >= 0.3 is 5.97 Å². The third-order valence-corrected chi connectivity index (χ3v) is 8.42. The Morgan fingerprint density at radius 1 is 0.646 bits per heavy atom. The Hall–Kier alpha value is -5.42. The molecule has 0 bridgehead atoms. The predicted molar refractivity (Wildman–Crippen MR) is 185 cm³/mol. The summed E-state index contributed by atoms with van der Waals surface area (Å²) in [5, 5.41) is 20.0. The summed E-state index contributed by atoms with van der Waals surface area (Å²) < 4.78 is 0. The van der Waals surface area contributed by atoms with Crippen LogP contribution in [0.5, 0.6) is 0 Å². The standard InChI is InChI=1S/C37H42N6O5/c1-22(2)16-31(35(45)43-33(37(47)48)17-23-10-4-3-5-11-23)42-36(46)32(19-25-21-40-30-15-9-7-13-27(25)30)41-34(44)28(38)18-24-20-39-29-14-8-6-12-26(24)29/h3-15,20-22,28,31-33,39-40H,16-19,38H2,1-2H3,(H,41,44)(H,42,46)(H,43,45)(H,47,48). The monoisotopic (exact) mass is 650 g/mol. The van der Waals surface area contributed by atoms with Crippen molar-refractivity contribution in [2.75, 3.05) is 0 Å². The highest BCUT2D eigenvalue weighted by Crippen LogP contribution is 2.21. The third kappa shape index (κ3) is 8.48. The fraction of sp³-hybridized carbons (Fsp3) is 0.297. The molecule has 4 unspecified atom stereocenters. The van der Waals surface area contributed by atoms with Crippen LogP contribution in [0.1, 0.15) is 37.0 Å². The number of aromatic nitrogens is 2. The zero-order chi connectivity index (χ0) is 34.2. The first kappa shape index (κ1) is 33.9. The number of para-hydroxylation sites is 2. The molecule has 11 heteroatoms. The van der Waals surface area contributed by atoms with E-state index in [1.165, 1.54) is 0 Å². The van der Waals surface area contributed by atoms with Crippen molar-refractivity contribution in [1.82, 2.24) is 25.9 Å². The number of amides is 3. The van der Waals surface area contributed by atoms with Crippen molar-refractivity contribution < 1.29 is 24.3 Å². The minimum absolute atomic E-state index is 0.00953. The van der Waals surface area contributed by atoms with Gasteiger partial charge in [0.05, 0.1) is 6.04 Å². The highest BCUT2D eigenvalue weighted by molar-refractivity contribution is 5.95. The number of benzene rings is 3. The van der Waals surface area contributed by atoms with Crippen LogP contribution in [0, 0.1) is 5.92 Å². The van der Waals surface area contributed by atoms with Gasteiger partial charge in [-0.25, -0.2) is 4.79 Å². The molecule has 250 valence electrons. The number of carboxylic acid groups (broad SMARTS) is 1. The third-order valence-electron chi connectivity index (χ3n) is 8.42. The van der Waals surface area contributed by atoms with Gasteiger partial charge in [-0.2, -0.15) is 0 Å². The molecule has 0 aliphatic rings. The Kier molecular flexibility index (Phi) is 10.9.